The lowest BCUT2D eigenvalue weighted by Crippen LogP contribution is -1.80. The van der Waals surface area contributed by atoms with Gasteiger partial charge in [-0.1, -0.05) is 23.9 Å². The van der Waals surface area contributed by atoms with Crippen LogP contribution >= 0.6 is 27.7 Å². The van der Waals surface area contributed by atoms with Gasteiger partial charge in [0.25, 0.3) is 0 Å². The van der Waals surface area contributed by atoms with E-state index >= 15 is 0 Å². The summed E-state index contributed by atoms with van der Waals surface area (Å²) in [6, 6.07) is 8.05. The number of rotatable bonds is 2. The van der Waals surface area contributed by atoms with Crippen molar-refractivity contribution in [2.75, 3.05) is 0 Å². The van der Waals surface area contributed by atoms with Crippen LogP contribution in [-0.2, 0) is 0 Å². The Kier molecular flexibility index (Phi) is 3.16. The molecule has 14 heavy (non-hydrogen) atoms. The summed E-state index contributed by atoms with van der Waals surface area (Å²) in [5.74, 6) is 0. The van der Waals surface area contributed by atoms with Crippen molar-refractivity contribution in [1.82, 2.24) is 9.97 Å². The summed E-state index contributed by atoms with van der Waals surface area (Å²) in [5, 5.41) is 0.902. The predicted molar refractivity (Wildman–Crippen MR) is 60.3 cm³/mol. The number of aromatic nitrogens is 2. The molecule has 2 aromatic rings. The number of halogens is 1. The molecule has 70 valence electrons. The van der Waals surface area contributed by atoms with Gasteiger partial charge in [-0.2, -0.15) is 0 Å². The summed E-state index contributed by atoms with van der Waals surface area (Å²) in [4.78, 5) is 9.35. The van der Waals surface area contributed by atoms with Crippen molar-refractivity contribution in [3.8, 4) is 0 Å². The number of hydrogen-bond donors (Lipinski definition) is 0. The smallest absolute Gasteiger partial charge is 0.119 e. The Morgan fingerprint density at radius 3 is 2.71 bits per heavy atom. The first kappa shape index (κ1) is 9.68. The third-order valence-corrected chi connectivity index (χ3v) is 3.54. The van der Waals surface area contributed by atoms with Crippen LogP contribution in [0.1, 0.15) is 0 Å². The van der Waals surface area contributed by atoms with Gasteiger partial charge in [-0.15, -0.1) is 0 Å². The summed E-state index contributed by atoms with van der Waals surface area (Å²) in [7, 11) is 0. The molecule has 1 aromatic carbocycles. The van der Waals surface area contributed by atoms with E-state index in [0.717, 1.165) is 14.4 Å². The SMILES string of the molecule is Brc1ccccc1Sc1cnccn1. The molecular weight excluding hydrogens is 260 g/mol. The van der Waals surface area contributed by atoms with Gasteiger partial charge in [0.15, 0.2) is 0 Å². The molecule has 0 atom stereocenters. The fourth-order valence-electron chi connectivity index (χ4n) is 0.978. The summed E-state index contributed by atoms with van der Waals surface area (Å²) in [5.41, 5.74) is 0. The Morgan fingerprint density at radius 2 is 2.00 bits per heavy atom. The number of hydrogen-bond acceptors (Lipinski definition) is 3. The van der Waals surface area contributed by atoms with Crippen molar-refractivity contribution in [2.45, 2.75) is 9.92 Å². The minimum atomic E-state index is 0.902. The van der Waals surface area contributed by atoms with Gasteiger partial charge in [0, 0.05) is 21.8 Å². The molecule has 2 nitrogen and oxygen atoms in total. The molecule has 0 bridgehead atoms. The molecule has 0 amide bonds. The molecular formula is C10H7BrN2S. The molecule has 0 saturated heterocycles. The lowest BCUT2D eigenvalue weighted by Gasteiger charge is -2.01. The van der Waals surface area contributed by atoms with Crippen LogP contribution in [0.25, 0.3) is 0 Å². The molecule has 0 aliphatic heterocycles. The van der Waals surface area contributed by atoms with Gasteiger partial charge in [-0.3, -0.25) is 4.98 Å². The summed E-state index contributed by atoms with van der Waals surface area (Å²) in [6.07, 6.45) is 5.12. The Labute approximate surface area is 94.9 Å². The average Bonchev–Trinajstić information content (AvgIpc) is 2.23. The van der Waals surface area contributed by atoms with Gasteiger partial charge in [-0.05, 0) is 28.1 Å². The van der Waals surface area contributed by atoms with Gasteiger partial charge < -0.3 is 0 Å². The molecule has 2 rings (SSSR count). The van der Waals surface area contributed by atoms with Crippen molar-refractivity contribution in [3.05, 3.63) is 47.3 Å². The standard InChI is InChI=1S/C10H7BrN2S/c11-8-3-1-2-4-9(8)14-10-7-12-5-6-13-10/h1-7H. The molecule has 0 radical (unpaired) electrons. The zero-order valence-corrected chi connectivity index (χ0v) is 9.62. The zero-order valence-electron chi connectivity index (χ0n) is 7.22. The van der Waals surface area contributed by atoms with Crippen molar-refractivity contribution >= 4 is 27.7 Å². The minimum Gasteiger partial charge on any atom is -0.260 e. The fourth-order valence-corrected chi connectivity index (χ4v) is 2.27. The molecule has 0 N–H and O–H groups in total. The Balaban J connectivity index is 2.24. The molecule has 0 saturated carbocycles. The van der Waals surface area contributed by atoms with E-state index < -0.39 is 0 Å². The van der Waals surface area contributed by atoms with Crippen molar-refractivity contribution in [2.24, 2.45) is 0 Å². The third-order valence-electron chi connectivity index (χ3n) is 1.59. The maximum atomic E-state index is 4.19. The molecule has 0 unspecified atom stereocenters. The van der Waals surface area contributed by atoms with E-state index in [1.807, 2.05) is 24.3 Å². The molecule has 0 aliphatic carbocycles. The topological polar surface area (TPSA) is 25.8 Å². The second-order valence-electron chi connectivity index (χ2n) is 2.58. The van der Waals surface area contributed by atoms with Crippen LogP contribution in [0.15, 0.2) is 57.3 Å². The largest absolute Gasteiger partial charge is 0.260 e. The maximum absolute atomic E-state index is 4.19. The number of nitrogens with zero attached hydrogens (tertiary/aromatic N) is 2. The molecule has 0 spiro atoms. The van der Waals surface area contributed by atoms with E-state index in [1.54, 1.807) is 30.4 Å². The monoisotopic (exact) mass is 266 g/mol. The summed E-state index contributed by atoms with van der Waals surface area (Å²) in [6.45, 7) is 0. The first-order valence-electron chi connectivity index (χ1n) is 4.04. The van der Waals surface area contributed by atoms with E-state index in [1.165, 1.54) is 0 Å². The van der Waals surface area contributed by atoms with Gasteiger partial charge in [-0.25, -0.2) is 4.98 Å². The van der Waals surface area contributed by atoms with Crippen LogP contribution in [0, 0.1) is 0 Å². The van der Waals surface area contributed by atoms with Gasteiger partial charge >= 0.3 is 0 Å². The van der Waals surface area contributed by atoms with Crippen molar-refractivity contribution < 1.29 is 0 Å². The lowest BCUT2D eigenvalue weighted by molar-refractivity contribution is 1.05. The fraction of sp³-hybridized carbons (Fsp3) is 0. The van der Waals surface area contributed by atoms with Crippen LogP contribution < -0.4 is 0 Å². The second-order valence-corrected chi connectivity index (χ2v) is 4.49. The van der Waals surface area contributed by atoms with Crippen LogP contribution in [0.2, 0.25) is 0 Å². The number of benzene rings is 1. The predicted octanol–water partition coefficient (Wildman–Crippen LogP) is 3.39. The highest BCUT2D eigenvalue weighted by Gasteiger charge is 2.01. The quantitative estimate of drug-likeness (QED) is 0.834. The summed E-state index contributed by atoms with van der Waals surface area (Å²) >= 11 is 5.08. The van der Waals surface area contributed by atoms with Gasteiger partial charge in [0.1, 0.15) is 5.03 Å². The lowest BCUT2D eigenvalue weighted by atomic mass is 10.4. The highest BCUT2D eigenvalue weighted by molar-refractivity contribution is 9.10. The highest BCUT2D eigenvalue weighted by Crippen LogP contribution is 2.31. The van der Waals surface area contributed by atoms with Crippen molar-refractivity contribution in [1.29, 1.82) is 0 Å². The highest BCUT2D eigenvalue weighted by atomic mass is 79.9. The van der Waals surface area contributed by atoms with E-state index in [0.29, 0.717) is 0 Å². The molecule has 0 fully saturated rings. The first-order chi connectivity index (χ1) is 6.86. The molecule has 0 aliphatic rings. The van der Waals surface area contributed by atoms with Crippen molar-refractivity contribution in [3.63, 3.8) is 0 Å². The van der Waals surface area contributed by atoms with Crippen LogP contribution in [0.3, 0.4) is 0 Å². The Hall–Kier alpha value is -0.870. The Bertz CT molecular complexity index is 419. The first-order valence-corrected chi connectivity index (χ1v) is 5.65. The average molecular weight is 267 g/mol. The van der Waals surface area contributed by atoms with E-state index in [-0.39, 0.29) is 0 Å². The normalized spacial score (nSPS) is 10.1. The summed E-state index contributed by atoms with van der Waals surface area (Å²) < 4.78 is 1.08. The molecule has 4 heteroatoms. The minimum absolute atomic E-state index is 0.902. The second kappa shape index (κ2) is 4.57. The molecule has 1 aromatic heterocycles. The van der Waals surface area contributed by atoms with Crippen LogP contribution in [-0.4, -0.2) is 9.97 Å². The van der Waals surface area contributed by atoms with Gasteiger partial charge in [0.2, 0.25) is 0 Å². The van der Waals surface area contributed by atoms with Gasteiger partial charge in [0.05, 0.1) is 6.20 Å². The molecule has 1 heterocycles. The third kappa shape index (κ3) is 2.33. The zero-order chi connectivity index (χ0) is 9.80. The van der Waals surface area contributed by atoms with Crippen LogP contribution in [0.4, 0.5) is 0 Å². The Morgan fingerprint density at radius 1 is 1.14 bits per heavy atom. The van der Waals surface area contributed by atoms with E-state index in [2.05, 4.69) is 25.9 Å². The van der Waals surface area contributed by atoms with E-state index in [4.69, 9.17) is 0 Å². The maximum Gasteiger partial charge on any atom is 0.119 e. The van der Waals surface area contributed by atoms with E-state index in [9.17, 15) is 0 Å². The van der Waals surface area contributed by atoms with Crippen LogP contribution in [0.5, 0.6) is 0 Å².